The van der Waals surface area contributed by atoms with Gasteiger partial charge in [-0.05, 0) is 24.3 Å². The number of hydrogen-bond donors (Lipinski definition) is 3. The zero-order valence-corrected chi connectivity index (χ0v) is 9.60. The molecule has 2 aromatic rings. The van der Waals surface area contributed by atoms with E-state index in [9.17, 15) is 5.21 Å². The van der Waals surface area contributed by atoms with E-state index in [1.165, 1.54) is 0 Å². The van der Waals surface area contributed by atoms with Gasteiger partial charge in [0, 0.05) is 42.7 Å². The molecule has 0 aliphatic rings. The summed E-state index contributed by atoms with van der Waals surface area (Å²) in [6, 6.07) is 14.3. The molecule has 0 saturated carbocycles. The van der Waals surface area contributed by atoms with E-state index in [2.05, 4.69) is 5.32 Å². The van der Waals surface area contributed by atoms with E-state index in [4.69, 9.17) is 5.73 Å². The van der Waals surface area contributed by atoms with E-state index in [0.717, 1.165) is 5.69 Å². The second kappa shape index (κ2) is 4.86. The third kappa shape index (κ3) is 2.55. The van der Waals surface area contributed by atoms with Crippen LogP contribution in [0.5, 0.6) is 0 Å². The average Bonchev–Trinajstić information content (AvgIpc) is 2.39. The Morgan fingerprint density at radius 1 is 0.941 bits per heavy atom. The highest BCUT2D eigenvalue weighted by Gasteiger charge is 2.05. The number of rotatable bonds is 3. The largest absolute Gasteiger partial charge is 0.623 e. The summed E-state index contributed by atoms with van der Waals surface area (Å²) in [4.78, 5) is 0. The predicted molar refractivity (Wildman–Crippen MR) is 70.5 cm³/mol. The Labute approximate surface area is 100 Å². The smallest absolute Gasteiger partial charge is 0.136 e. The van der Waals surface area contributed by atoms with Crippen molar-refractivity contribution in [1.29, 1.82) is 0 Å². The molecule has 0 heterocycles. The Bertz CT molecular complexity index is 479. The van der Waals surface area contributed by atoms with Gasteiger partial charge in [0.15, 0.2) is 0 Å². The summed E-state index contributed by atoms with van der Waals surface area (Å²) < 4.78 is 0. The van der Waals surface area contributed by atoms with Gasteiger partial charge in [-0.2, -0.15) is 0 Å². The number of benzene rings is 2. The zero-order chi connectivity index (χ0) is 12.3. The first-order valence-corrected chi connectivity index (χ1v) is 5.39. The minimum atomic E-state index is 0.00709. The third-order valence-corrected chi connectivity index (χ3v) is 2.61. The lowest BCUT2D eigenvalue weighted by molar-refractivity contribution is -0.698. The van der Waals surface area contributed by atoms with Crippen LogP contribution in [0.15, 0.2) is 48.5 Å². The van der Waals surface area contributed by atoms with Crippen LogP contribution >= 0.6 is 0 Å². The predicted octanol–water partition coefficient (Wildman–Crippen LogP) is 1.66. The van der Waals surface area contributed by atoms with Crippen LogP contribution in [0.25, 0.3) is 0 Å². The SMILES string of the molecule is CNc1ccc([NH+]([O-])c2ccc(N)cc2)cc1. The lowest BCUT2D eigenvalue weighted by Crippen LogP contribution is -2.96. The first kappa shape index (κ1) is 11.4. The Hall–Kier alpha value is -2.04. The summed E-state index contributed by atoms with van der Waals surface area (Å²) in [6.45, 7) is 0. The highest BCUT2D eigenvalue weighted by atomic mass is 16.5. The van der Waals surface area contributed by atoms with E-state index in [-0.39, 0.29) is 5.06 Å². The molecular formula is C13H15N3O. The van der Waals surface area contributed by atoms with Gasteiger partial charge in [0.2, 0.25) is 0 Å². The van der Waals surface area contributed by atoms with Crippen molar-refractivity contribution in [2.45, 2.75) is 0 Å². The number of quaternary nitrogens is 1. The highest BCUT2D eigenvalue weighted by molar-refractivity contribution is 5.50. The topological polar surface area (TPSA) is 65.5 Å². The number of nitrogens with two attached hydrogens (primary N) is 1. The molecule has 2 rings (SSSR count). The normalized spacial score (nSPS) is 12.1. The first-order chi connectivity index (χ1) is 8.20. The summed E-state index contributed by atoms with van der Waals surface area (Å²) in [6.07, 6.45) is 0. The molecule has 4 heteroatoms. The van der Waals surface area contributed by atoms with Crippen molar-refractivity contribution in [2.24, 2.45) is 0 Å². The third-order valence-electron chi connectivity index (χ3n) is 2.61. The maximum absolute atomic E-state index is 12.1. The quantitative estimate of drug-likeness (QED) is 0.554. The second-order valence-corrected chi connectivity index (χ2v) is 3.78. The van der Waals surface area contributed by atoms with Crippen molar-refractivity contribution in [2.75, 3.05) is 18.1 Å². The molecule has 0 saturated heterocycles. The van der Waals surface area contributed by atoms with Crippen molar-refractivity contribution in [3.8, 4) is 0 Å². The molecule has 88 valence electrons. The van der Waals surface area contributed by atoms with Crippen LogP contribution in [0, 0.1) is 5.21 Å². The van der Waals surface area contributed by atoms with E-state index >= 15 is 0 Å². The number of anilines is 2. The number of nitrogen functional groups attached to an aromatic ring is 1. The van der Waals surface area contributed by atoms with E-state index in [1.54, 1.807) is 24.3 Å². The van der Waals surface area contributed by atoms with Gasteiger partial charge < -0.3 is 21.3 Å². The van der Waals surface area contributed by atoms with Crippen LogP contribution in [0.4, 0.5) is 22.7 Å². The monoisotopic (exact) mass is 229 g/mol. The number of hydrogen-bond acceptors (Lipinski definition) is 3. The van der Waals surface area contributed by atoms with Crippen molar-refractivity contribution in [3.05, 3.63) is 53.7 Å². The molecule has 1 unspecified atom stereocenters. The van der Waals surface area contributed by atoms with Gasteiger partial charge >= 0.3 is 0 Å². The van der Waals surface area contributed by atoms with Crippen LogP contribution < -0.4 is 16.1 Å². The lowest BCUT2D eigenvalue weighted by Gasteiger charge is -2.21. The zero-order valence-electron chi connectivity index (χ0n) is 9.60. The van der Waals surface area contributed by atoms with Crippen LogP contribution in [0.3, 0.4) is 0 Å². The minimum Gasteiger partial charge on any atom is -0.623 e. The molecule has 0 aromatic heterocycles. The summed E-state index contributed by atoms with van der Waals surface area (Å²) in [7, 11) is 1.84. The summed E-state index contributed by atoms with van der Waals surface area (Å²) >= 11 is 0. The number of nitrogens with one attached hydrogen (secondary N) is 2. The molecule has 0 radical (unpaired) electrons. The van der Waals surface area contributed by atoms with Crippen molar-refractivity contribution >= 4 is 22.7 Å². The molecule has 4 nitrogen and oxygen atoms in total. The van der Waals surface area contributed by atoms with Gasteiger partial charge in [-0.1, -0.05) is 0 Å². The Morgan fingerprint density at radius 3 is 1.88 bits per heavy atom. The molecule has 1 atom stereocenters. The molecule has 0 amide bonds. The Kier molecular flexibility index (Phi) is 3.27. The fourth-order valence-electron chi connectivity index (χ4n) is 1.59. The molecule has 0 aliphatic heterocycles. The van der Waals surface area contributed by atoms with Crippen LogP contribution in [-0.4, -0.2) is 7.05 Å². The van der Waals surface area contributed by atoms with Gasteiger partial charge in [-0.3, -0.25) is 0 Å². The minimum absolute atomic E-state index is 0.00709. The van der Waals surface area contributed by atoms with Crippen molar-refractivity contribution in [1.82, 2.24) is 0 Å². The van der Waals surface area contributed by atoms with Crippen LogP contribution in [0.2, 0.25) is 0 Å². The highest BCUT2D eigenvalue weighted by Crippen LogP contribution is 2.13. The molecule has 0 bridgehead atoms. The second-order valence-electron chi connectivity index (χ2n) is 3.78. The van der Waals surface area contributed by atoms with Gasteiger partial charge in [-0.25, -0.2) is 0 Å². The molecule has 2 aromatic carbocycles. The van der Waals surface area contributed by atoms with Gasteiger partial charge in [-0.15, -0.1) is 0 Å². The molecule has 17 heavy (non-hydrogen) atoms. The summed E-state index contributed by atoms with van der Waals surface area (Å²) in [5.74, 6) is 0. The first-order valence-electron chi connectivity index (χ1n) is 5.39. The maximum atomic E-state index is 12.1. The maximum Gasteiger partial charge on any atom is 0.136 e. The molecule has 0 spiro atoms. The fourth-order valence-corrected chi connectivity index (χ4v) is 1.59. The van der Waals surface area contributed by atoms with Crippen LogP contribution in [0.1, 0.15) is 0 Å². The fraction of sp³-hybridized carbons (Fsp3) is 0.0769. The molecular weight excluding hydrogens is 214 g/mol. The molecule has 4 N–H and O–H groups in total. The van der Waals surface area contributed by atoms with Crippen LogP contribution in [-0.2, 0) is 0 Å². The van der Waals surface area contributed by atoms with E-state index in [1.807, 2.05) is 31.3 Å². The molecule has 0 aliphatic carbocycles. The van der Waals surface area contributed by atoms with Crippen molar-refractivity contribution < 1.29 is 5.06 Å². The average molecular weight is 229 g/mol. The summed E-state index contributed by atoms with van der Waals surface area (Å²) in [5, 5.41) is 15.1. The molecule has 0 fully saturated rings. The van der Waals surface area contributed by atoms with Gasteiger partial charge in [0.1, 0.15) is 11.4 Å². The summed E-state index contributed by atoms with van der Waals surface area (Å²) in [5.41, 5.74) is 8.55. The van der Waals surface area contributed by atoms with Gasteiger partial charge in [0.05, 0.1) is 0 Å². The van der Waals surface area contributed by atoms with Crippen molar-refractivity contribution in [3.63, 3.8) is 0 Å². The standard InChI is InChI=1S/C13H15N3O/c1-15-11-4-8-13(9-5-11)16(17)12-6-2-10(14)3-7-12/h2-9,15-16H,14H2,1H3. The lowest BCUT2D eigenvalue weighted by atomic mass is 10.2. The van der Waals surface area contributed by atoms with E-state index in [0.29, 0.717) is 17.1 Å². The Balaban J connectivity index is 2.23. The van der Waals surface area contributed by atoms with E-state index < -0.39 is 0 Å². The Morgan fingerprint density at radius 2 is 1.41 bits per heavy atom. The van der Waals surface area contributed by atoms with Gasteiger partial charge in [0.25, 0.3) is 0 Å².